The van der Waals surface area contributed by atoms with Crippen LogP contribution in [0.5, 0.6) is 23.5 Å². The molecule has 10 heteroatoms. The van der Waals surface area contributed by atoms with Crippen molar-refractivity contribution in [3.05, 3.63) is 71.8 Å². The van der Waals surface area contributed by atoms with Gasteiger partial charge in [-0.05, 0) is 38.1 Å². The molecule has 180 valence electrons. The highest BCUT2D eigenvalue weighted by atomic mass is 16.5. The first-order valence-corrected chi connectivity index (χ1v) is 11.1. The average molecular weight is 474 g/mol. The first-order valence-electron chi connectivity index (χ1n) is 11.1. The number of aryl methyl sites for hydroxylation is 2. The second-order valence-electron chi connectivity index (χ2n) is 7.95. The molecule has 2 aromatic heterocycles. The largest absolute Gasteiger partial charge is 0.490 e. The molecule has 2 heterocycles. The molecule has 0 aliphatic carbocycles. The van der Waals surface area contributed by atoms with Crippen LogP contribution in [0.4, 0.5) is 17.6 Å². The minimum absolute atomic E-state index is 0.0905. The summed E-state index contributed by atoms with van der Waals surface area (Å²) in [5, 5.41) is 11.3. The fourth-order valence-corrected chi connectivity index (χ4v) is 2.89. The van der Waals surface area contributed by atoms with Crippen LogP contribution in [-0.4, -0.2) is 52.5 Å². The number of ether oxygens (including phenoxy) is 3. The lowest BCUT2D eigenvalue weighted by atomic mass is 10.2. The Hall–Kier alpha value is -4.47. The Morgan fingerprint density at radius 3 is 2.00 bits per heavy atom. The fraction of sp³-hybridized carbons (Fsp3) is 0.240. The van der Waals surface area contributed by atoms with Gasteiger partial charge in [0.2, 0.25) is 23.7 Å². The SMILES string of the molecule is Cc1ccc(Nc2nc(Oc3ccc(OCCOc4ccc(C)cc4)nn3)nc(N(C)C)n2)cc1. The van der Waals surface area contributed by atoms with Gasteiger partial charge in [-0.3, -0.25) is 0 Å². The van der Waals surface area contributed by atoms with Gasteiger partial charge in [-0.2, -0.15) is 15.0 Å². The molecule has 0 saturated heterocycles. The lowest BCUT2D eigenvalue weighted by Crippen LogP contribution is -2.15. The number of anilines is 3. The molecule has 0 radical (unpaired) electrons. The van der Waals surface area contributed by atoms with E-state index in [4.69, 9.17) is 14.2 Å². The number of hydrogen-bond donors (Lipinski definition) is 1. The molecular formula is C25H27N7O3. The van der Waals surface area contributed by atoms with Gasteiger partial charge in [0.15, 0.2) is 0 Å². The van der Waals surface area contributed by atoms with Gasteiger partial charge in [-0.25, -0.2) is 0 Å². The molecular weight excluding hydrogens is 446 g/mol. The standard InChI is InChI=1S/C25H27N7O3/c1-17-5-9-19(10-6-17)26-23-27-24(32(3)4)29-25(28-23)35-22-14-13-21(30-31-22)34-16-15-33-20-11-7-18(2)8-12-20/h5-14H,15-16H2,1-4H3,(H,26,27,28,29). The molecule has 0 aliphatic heterocycles. The summed E-state index contributed by atoms with van der Waals surface area (Å²) in [7, 11) is 3.67. The van der Waals surface area contributed by atoms with Gasteiger partial charge in [-0.15, -0.1) is 10.2 Å². The van der Waals surface area contributed by atoms with E-state index in [0.717, 1.165) is 17.0 Å². The van der Waals surface area contributed by atoms with Crippen LogP contribution in [-0.2, 0) is 0 Å². The Balaban J connectivity index is 1.35. The normalized spacial score (nSPS) is 10.5. The first kappa shape index (κ1) is 23.7. The Morgan fingerprint density at radius 1 is 0.714 bits per heavy atom. The van der Waals surface area contributed by atoms with Gasteiger partial charge in [-0.1, -0.05) is 35.4 Å². The molecule has 0 fully saturated rings. The van der Waals surface area contributed by atoms with E-state index in [1.54, 1.807) is 17.0 Å². The predicted octanol–water partition coefficient (Wildman–Crippen LogP) is 4.34. The van der Waals surface area contributed by atoms with E-state index in [1.165, 1.54) is 5.56 Å². The highest BCUT2D eigenvalue weighted by Crippen LogP contribution is 2.22. The minimum atomic E-state index is 0.0905. The minimum Gasteiger partial charge on any atom is -0.490 e. The zero-order chi connectivity index (χ0) is 24.6. The second kappa shape index (κ2) is 11.1. The van der Waals surface area contributed by atoms with Crippen LogP contribution in [0.15, 0.2) is 60.7 Å². The third kappa shape index (κ3) is 7.00. The summed E-state index contributed by atoms with van der Waals surface area (Å²) in [6, 6.07) is 19.1. The van der Waals surface area contributed by atoms with Crippen LogP contribution in [0.3, 0.4) is 0 Å². The summed E-state index contributed by atoms with van der Waals surface area (Å²) in [4.78, 5) is 14.9. The monoisotopic (exact) mass is 473 g/mol. The van der Waals surface area contributed by atoms with Gasteiger partial charge in [0.25, 0.3) is 0 Å². The molecule has 0 aliphatic rings. The highest BCUT2D eigenvalue weighted by molar-refractivity contribution is 5.55. The number of nitrogens with one attached hydrogen (secondary N) is 1. The Kier molecular flexibility index (Phi) is 7.51. The maximum Gasteiger partial charge on any atom is 0.330 e. The molecule has 2 aromatic carbocycles. The molecule has 0 spiro atoms. The molecule has 4 rings (SSSR count). The molecule has 1 N–H and O–H groups in total. The molecule has 35 heavy (non-hydrogen) atoms. The molecule has 4 aromatic rings. The number of benzene rings is 2. The average Bonchev–Trinajstić information content (AvgIpc) is 2.85. The van der Waals surface area contributed by atoms with Crippen LogP contribution in [0.25, 0.3) is 0 Å². The van der Waals surface area contributed by atoms with Gasteiger partial charge in [0.05, 0.1) is 0 Å². The van der Waals surface area contributed by atoms with Crippen molar-refractivity contribution in [2.75, 3.05) is 37.5 Å². The summed E-state index contributed by atoms with van der Waals surface area (Å²) < 4.78 is 17.0. The van der Waals surface area contributed by atoms with Crippen LogP contribution in [0, 0.1) is 13.8 Å². The Morgan fingerprint density at radius 2 is 1.34 bits per heavy atom. The van der Waals surface area contributed by atoms with E-state index < -0.39 is 0 Å². The van der Waals surface area contributed by atoms with E-state index in [0.29, 0.717) is 31.0 Å². The zero-order valence-corrected chi connectivity index (χ0v) is 20.1. The molecule has 0 amide bonds. The molecule has 0 atom stereocenters. The third-order valence-electron chi connectivity index (χ3n) is 4.75. The fourth-order valence-electron chi connectivity index (χ4n) is 2.89. The lowest BCUT2D eigenvalue weighted by Gasteiger charge is -2.13. The van der Waals surface area contributed by atoms with E-state index >= 15 is 0 Å². The van der Waals surface area contributed by atoms with E-state index in [-0.39, 0.29) is 11.9 Å². The molecule has 0 saturated carbocycles. The van der Waals surface area contributed by atoms with Crippen molar-refractivity contribution in [1.82, 2.24) is 25.1 Å². The van der Waals surface area contributed by atoms with Crippen molar-refractivity contribution < 1.29 is 14.2 Å². The molecule has 0 unspecified atom stereocenters. The smallest absolute Gasteiger partial charge is 0.330 e. The van der Waals surface area contributed by atoms with Crippen LogP contribution >= 0.6 is 0 Å². The van der Waals surface area contributed by atoms with Gasteiger partial charge < -0.3 is 24.4 Å². The first-order chi connectivity index (χ1) is 16.9. The van der Waals surface area contributed by atoms with Crippen molar-refractivity contribution in [1.29, 1.82) is 0 Å². The maximum atomic E-state index is 5.73. The van der Waals surface area contributed by atoms with Crippen LogP contribution in [0.2, 0.25) is 0 Å². The summed E-state index contributed by atoms with van der Waals surface area (Å²) in [6.45, 7) is 4.77. The highest BCUT2D eigenvalue weighted by Gasteiger charge is 2.12. The Bertz CT molecular complexity index is 1230. The van der Waals surface area contributed by atoms with E-state index in [1.807, 2.05) is 76.5 Å². The summed E-state index contributed by atoms with van der Waals surface area (Å²) in [6.07, 6.45) is 0. The third-order valence-corrected chi connectivity index (χ3v) is 4.75. The van der Waals surface area contributed by atoms with Crippen molar-refractivity contribution >= 4 is 17.6 Å². The summed E-state index contributed by atoms with van der Waals surface area (Å²) in [5.74, 6) is 2.16. The van der Waals surface area contributed by atoms with Gasteiger partial charge >= 0.3 is 6.01 Å². The Labute approximate surface area is 204 Å². The summed E-state index contributed by atoms with van der Waals surface area (Å²) >= 11 is 0. The number of aromatic nitrogens is 5. The number of nitrogens with zero attached hydrogens (tertiary/aromatic N) is 6. The number of hydrogen-bond acceptors (Lipinski definition) is 10. The van der Waals surface area contributed by atoms with Crippen molar-refractivity contribution in [3.63, 3.8) is 0 Å². The van der Waals surface area contributed by atoms with Gasteiger partial charge in [0.1, 0.15) is 19.0 Å². The van der Waals surface area contributed by atoms with Crippen molar-refractivity contribution in [2.24, 2.45) is 0 Å². The second-order valence-corrected chi connectivity index (χ2v) is 7.95. The van der Waals surface area contributed by atoms with Crippen LogP contribution in [0.1, 0.15) is 11.1 Å². The lowest BCUT2D eigenvalue weighted by molar-refractivity contribution is 0.210. The quantitative estimate of drug-likeness (QED) is 0.334. The van der Waals surface area contributed by atoms with E-state index in [9.17, 15) is 0 Å². The van der Waals surface area contributed by atoms with Crippen molar-refractivity contribution in [3.8, 4) is 23.5 Å². The molecule has 0 bridgehead atoms. The summed E-state index contributed by atoms with van der Waals surface area (Å²) in [5.41, 5.74) is 3.19. The maximum absolute atomic E-state index is 5.73. The van der Waals surface area contributed by atoms with Gasteiger partial charge in [0, 0.05) is 31.9 Å². The zero-order valence-electron chi connectivity index (χ0n) is 20.1. The predicted molar refractivity (Wildman–Crippen MR) is 133 cm³/mol. The van der Waals surface area contributed by atoms with Crippen molar-refractivity contribution in [2.45, 2.75) is 13.8 Å². The topological polar surface area (TPSA) is 107 Å². The van der Waals surface area contributed by atoms with E-state index in [2.05, 4.69) is 30.5 Å². The number of rotatable bonds is 10. The molecule has 10 nitrogen and oxygen atoms in total. The van der Waals surface area contributed by atoms with Crippen LogP contribution < -0.4 is 24.4 Å².